The van der Waals surface area contributed by atoms with Crippen LogP contribution in [0.25, 0.3) is 82.3 Å². The predicted molar refractivity (Wildman–Crippen MR) is 224 cm³/mol. The van der Waals surface area contributed by atoms with Crippen LogP contribution in [0.4, 0.5) is 5.88 Å². The van der Waals surface area contributed by atoms with Crippen molar-refractivity contribution in [3.05, 3.63) is 169 Å². The van der Waals surface area contributed by atoms with Crippen LogP contribution in [0.2, 0.25) is 0 Å². The van der Waals surface area contributed by atoms with Crippen LogP contribution in [-0.4, -0.2) is 11.0 Å². The molecule has 248 valence electrons. The molecule has 2 unspecified atom stereocenters. The summed E-state index contributed by atoms with van der Waals surface area (Å²) in [5.74, 6) is 0.824. The zero-order chi connectivity index (χ0) is 34.6. The Morgan fingerprint density at radius 2 is 1.15 bits per heavy atom. The Kier molecular flexibility index (Phi) is 6.05. The summed E-state index contributed by atoms with van der Waals surface area (Å²) in [6.07, 6.45) is 10.8. The Balaban J connectivity index is 1.12. The normalized spacial score (nSPS) is 15.8. The first-order chi connectivity index (χ1) is 26.2. The third-order valence-electron chi connectivity index (χ3n) is 11.0. The van der Waals surface area contributed by atoms with Crippen LogP contribution in [0.3, 0.4) is 0 Å². The first kappa shape index (κ1) is 29.1. The molecule has 2 aliphatic rings. The maximum Gasteiger partial charge on any atom is 0.227 e. The van der Waals surface area contributed by atoms with Gasteiger partial charge in [0.25, 0.3) is 0 Å². The van der Waals surface area contributed by atoms with Crippen LogP contribution in [0.5, 0.6) is 0 Å². The molecule has 2 atom stereocenters. The maximum atomic E-state index is 6.44. The van der Waals surface area contributed by atoms with Gasteiger partial charge in [-0.15, -0.1) is 0 Å². The minimum atomic E-state index is -1.02. The predicted octanol–water partition coefficient (Wildman–Crippen LogP) is 11.4. The fourth-order valence-corrected chi connectivity index (χ4v) is 10.9. The van der Waals surface area contributed by atoms with E-state index >= 15 is 0 Å². The molecule has 12 rings (SSSR count). The highest BCUT2D eigenvalue weighted by Gasteiger charge is 2.26. The van der Waals surface area contributed by atoms with Crippen LogP contribution in [-0.2, 0) is 0 Å². The smallest absolute Gasteiger partial charge is 0.227 e. The number of para-hydroxylation sites is 1. The van der Waals surface area contributed by atoms with Gasteiger partial charge in [-0.1, -0.05) is 115 Å². The molecule has 0 spiro atoms. The zero-order valence-corrected chi connectivity index (χ0v) is 29.3. The number of hydrogen-bond acceptors (Lipinski definition) is 4. The van der Waals surface area contributed by atoms with Crippen molar-refractivity contribution >= 4 is 112 Å². The first-order valence-corrected chi connectivity index (χ1v) is 19.3. The van der Waals surface area contributed by atoms with Gasteiger partial charge in [-0.25, -0.2) is 4.98 Å². The van der Waals surface area contributed by atoms with E-state index in [9.17, 15) is 0 Å². The lowest BCUT2D eigenvalue weighted by atomic mass is 9.94. The molecular weight excluding hydrogens is 668 g/mol. The molecule has 4 heterocycles. The number of fused-ring (bicyclic) bond motifs is 14. The number of nitrogens with one attached hydrogen (secondary N) is 1. The Bertz CT molecular complexity index is 3260. The summed E-state index contributed by atoms with van der Waals surface area (Å²) in [4.78, 5) is 4.90. The third kappa shape index (κ3) is 4.37. The van der Waals surface area contributed by atoms with Crippen LogP contribution in [0.1, 0.15) is 5.56 Å². The molecule has 0 fully saturated rings. The quantitative estimate of drug-likeness (QED) is 0.148. The second-order valence-electron chi connectivity index (χ2n) is 14.0. The van der Waals surface area contributed by atoms with Gasteiger partial charge >= 0.3 is 0 Å². The molecule has 1 N–H and O–H groups in total. The number of pyridine rings is 1. The first-order valence-electron chi connectivity index (χ1n) is 18.0. The van der Waals surface area contributed by atoms with Crippen LogP contribution < -0.4 is 21.2 Å². The lowest BCUT2D eigenvalue weighted by Crippen LogP contribution is -2.22. The van der Waals surface area contributed by atoms with Crippen molar-refractivity contribution in [2.45, 2.75) is 6.04 Å². The molecule has 5 heteroatoms. The van der Waals surface area contributed by atoms with Gasteiger partial charge in [-0.2, -0.15) is 0 Å². The van der Waals surface area contributed by atoms with E-state index in [1.165, 1.54) is 53.8 Å². The maximum absolute atomic E-state index is 6.44. The van der Waals surface area contributed by atoms with Crippen molar-refractivity contribution in [3.8, 4) is 0 Å². The van der Waals surface area contributed by atoms with Gasteiger partial charge in [0, 0.05) is 27.1 Å². The Hall–Kier alpha value is -6.48. The van der Waals surface area contributed by atoms with Gasteiger partial charge in [0.15, 0.2) is 0 Å². The molecule has 53 heavy (non-hydrogen) atoms. The Morgan fingerprint density at radius 1 is 0.528 bits per heavy atom. The molecule has 1 aliphatic heterocycles. The lowest BCUT2D eigenvalue weighted by Gasteiger charge is -2.23. The van der Waals surface area contributed by atoms with E-state index in [0.29, 0.717) is 5.71 Å². The minimum Gasteiger partial charge on any atom is -0.440 e. The lowest BCUT2D eigenvalue weighted by molar-refractivity contribution is 0.622. The van der Waals surface area contributed by atoms with Crippen molar-refractivity contribution in [1.82, 2.24) is 4.98 Å². The van der Waals surface area contributed by atoms with Crippen molar-refractivity contribution in [1.29, 1.82) is 0 Å². The largest absolute Gasteiger partial charge is 0.440 e. The number of benzene rings is 7. The van der Waals surface area contributed by atoms with Gasteiger partial charge < -0.3 is 14.2 Å². The summed E-state index contributed by atoms with van der Waals surface area (Å²) in [6.45, 7) is 0. The van der Waals surface area contributed by atoms with E-state index in [1.54, 1.807) is 0 Å². The number of nitrogens with zero attached hydrogens (tertiary/aromatic N) is 1. The fourth-order valence-electron chi connectivity index (χ4n) is 8.54. The molecule has 7 aromatic carbocycles. The molecule has 0 amide bonds. The second-order valence-corrected chi connectivity index (χ2v) is 16.2. The molecular formula is C48H29N2O2P. The van der Waals surface area contributed by atoms with Gasteiger partial charge in [-0.3, -0.25) is 0 Å². The topological polar surface area (TPSA) is 51.2 Å². The summed E-state index contributed by atoms with van der Waals surface area (Å²) in [7, 11) is -1.02. The number of aromatic nitrogens is 1. The Labute approximate surface area is 305 Å². The van der Waals surface area contributed by atoms with Gasteiger partial charge in [0.05, 0.1) is 11.6 Å². The van der Waals surface area contributed by atoms with E-state index in [4.69, 9.17) is 13.8 Å². The average Bonchev–Trinajstić information content (AvgIpc) is 3.75. The summed E-state index contributed by atoms with van der Waals surface area (Å²) >= 11 is 0. The van der Waals surface area contributed by atoms with E-state index in [-0.39, 0.29) is 6.04 Å². The van der Waals surface area contributed by atoms with E-state index in [2.05, 4.69) is 157 Å². The third-order valence-corrected chi connectivity index (χ3v) is 13.4. The number of furan rings is 2. The molecule has 4 nitrogen and oxygen atoms in total. The molecule has 0 radical (unpaired) electrons. The van der Waals surface area contributed by atoms with Crippen molar-refractivity contribution in [2.75, 3.05) is 5.32 Å². The summed E-state index contributed by atoms with van der Waals surface area (Å²) in [6, 6.07) is 48.8. The van der Waals surface area contributed by atoms with Gasteiger partial charge in [-0.05, 0) is 110 Å². The van der Waals surface area contributed by atoms with Crippen molar-refractivity contribution in [3.63, 3.8) is 0 Å². The summed E-state index contributed by atoms with van der Waals surface area (Å²) in [5.41, 5.74) is 5.68. The monoisotopic (exact) mass is 696 g/mol. The number of allylic oxidation sites excluding steroid dienone is 2. The Morgan fingerprint density at radius 3 is 1.92 bits per heavy atom. The highest BCUT2D eigenvalue weighted by Crippen LogP contribution is 2.43. The van der Waals surface area contributed by atoms with Crippen LogP contribution in [0, 0.1) is 0 Å². The van der Waals surface area contributed by atoms with Gasteiger partial charge in [0.2, 0.25) is 11.6 Å². The molecule has 0 saturated carbocycles. The SMILES string of the molecule is C1=CC2=Cc3c(oc4ccc(P(c5ccc6oc7nc8ccccc8cc7c6c5)c5ccc6c7ccccc7c7ccccc7c6c5)cc34)NC2C=C1. The number of anilines is 1. The second kappa shape index (κ2) is 11.0. The van der Waals surface area contributed by atoms with Gasteiger partial charge in [0.1, 0.15) is 11.2 Å². The van der Waals surface area contributed by atoms with E-state index in [0.717, 1.165) is 49.7 Å². The minimum absolute atomic E-state index is 0.122. The fraction of sp³-hybridized carbons (Fsp3) is 0.0208. The van der Waals surface area contributed by atoms with Crippen LogP contribution >= 0.6 is 7.92 Å². The standard InChI is InChI=1S/C48H29N2O2P/c1-7-15-43-28(9-1)23-41-39-26-31(18-21-45(39)51-47(41)49-43)53(32-19-22-46-40(27-32)42-24-29-10-2-8-16-44(29)50-48(42)52-46)30-17-20-37-35-13-4-3-11-33(35)34-12-5-6-14-36(34)38(37)25-30/h1-27,43,49H. The molecule has 0 bridgehead atoms. The van der Waals surface area contributed by atoms with E-state index < -0.39 is 7.92 Å². The van der Waals surface area contributed by atoms with Crippen LogP contribution in [0.15, 0.2) is 172 Å². The average molecular weight is 697 g/mol. The highest BCUT2D eigenvalue weighted by atomic mass is 31.1. The summed E-state index contributed by atoms with van der Waals surface area (Å²) in [5, 5.41) is 19.4. The highest BCUT2D eigenvalue weighted by molar-refractivity contribution is 7.79. The number of hydrogen-bond donors (Lipinski definition) is 1. The van der Waals surface area contributed by atoms with Crippen molar-refractivity contribution < 1.29 is 8.83 Å². The van der Waals surface area contributed by atoms with E-state index in [1.807, 2.05) is 12.1 Å². The number of rotatable bonds is 3. The molecule has 1 aliphatic carbocycles. The summed E-state index contributed by atoms with van der Waals surface area (Å²) < 4.78 is 12.8. The van der Waals surface area contributed by atoms with Crippen molar-refractivity contribution in [2.24, 2.45) is 0 Å². The zero-order valence-electron chi connectivity index (χ0n) is 28.4. The molecule has 0 saturated heterocycles. The molecule has 3 aromatic heterocycles. The molecule has 10 aromatic rings.